The maximum atomic E-state index is 5.42. The van der Waals surface area contributed by atoms with Gasteiger partial charge in [-0.1, -0.05) is 6.42 Å². The lowest BCUT2D eigenvalue weighted by Crippen LogP contribution is -2.35. The van der Waals surface area contributed by atoms with E-state index in [1.54, 1.807) is 0 Å². The van der Waals surface area contributed by atoms with Gasteiger partial charge in [-0.05, 0) is 36.5 Å². The molecule has 6 heteroatoms. The number of fused-ring (bicyclic) bond motifs is 1. The molecule has 4 heterocycles. The van der Waals surface area contributed by atoms with Gasteiger partial charge in [-0.2, -0.15) is 0 Å². The molecule has 130 valence electrons. The van der Waals surface area contributed by atoms with Crippen molar-refractivity contribution in [2.75, 3.05) is 26.3 Å². The molecule has 0 radical (unpaired) electrons. The summed E-state index contributed by atoms with van der Waals surface area (Å²) in [6.07, 6.45) is 7.91. The first-order valence-corrected chi connectivity index (χ1v) is 9.91. The molecule has 5 rings (SSSR count). The highest BCUT2D eigenvalue weighted by atomic mass is 32.1. The van der Waals surface area contributed by atoms with Gasteiger partial charge in [0.05, 0.1) is 28.3 Å². The fourth-order valence-electron chi connectivity index (χ4n) is 3.68. The van der Waals surface area contributed by atoms with Gasteiger partial charge in [0.2, 0.25) is 0 Å². The van der Waals surface area contributed by atoms with Crippen molar-refractivity contribution in [3.05, 3.63) is 35.8 Å². The number of hydrogen-bond donors (Lipinski definition) is 1. The summed E-state index contributed by atoms with van der Waals surface area (Å²) in [7, 11) is 0. The van der Waals surface area contributed by atoms with Gasteiger partial charge in [0, 0.05) is 37.7 Å². The van der Waals surface area contributed by atoms with Crippen molar-refractivity contribution >= 4 is 21.6 Å². The Morgan fingerprint density at radius 2 is 2.12 bits per heavy atom. The molecule has 3 aromatic rings. The van der Waals surface area contributed by atoms with Gasteiger partial charge in [0.25, 0.3) is 0 Å². The van der Waals surface area contributed by atoms with Crippen molar-refractivity contribution in [2.24, 2.45) is 0 Å². The van der Waals surface area contributed by atoms with E-state index in [2.05, 4.69) is 32.0 Å². The van der Waals surface area contributed by atoms with Crippen LogP contribution < -0.4 is 0 Å². The molecular weight excluding hydrogens is 332 g/mol. The van der Waals surface area contributed by atoms with Crippen molar-refractivity contribution in [1.29, 1.82) is 0 Å². The summed E-state index contributed by atoms with van der Waals surface area (Å²) in [6, 6.07) is 4.39. The largest absolute Gasteiger partial charge is 0.379 e. The summed E-state index contributed by atoms with van der Waals surface area (Å²) >= 11 is 1.82. The lowest BCUT2D eigenvalue weighted by atomic mass is 9.80. The van der Waals surface area contributed by atoms with Gasteiger partial charge < -0.3 is 9.72 Å². The van der Waals surface area contributed by atoms with Crippen LogP contribution in [0.1, 0.15) is 36.4 Å². The number of rotatable bonds is 4. The third-order valence-electron chi connectivity index (χ3n) is 5.35. The maximum Gasteiger partial charge on any atom is 0.147 e. The Bertz CT molecular complexity index is 877. The van der Waals surface area contributed by atoms with Crippen molar-refractivity contribution < 1.29 is 4.74 Å². The number of pyridine rings is 1. The summed E-state index contributed by atoms with van der Waals surface area (Å²) in [5, 5.41) is 0. The first-order chi connectivity index (χ1) is 12.4. The van der Waals surface area contributed by atoms with Crippen LogP contribution in [-0.2, 0) is 11.3 Å². The van der Waals surface area contributed by atoms with E-state index >= 15 is 0 Å². The van der Waals surface area contributed by atoms with E-state index in [0.29, 0.717) is 0 Å². The summed E-state index contributed by atoms with van der Waals surface area (Å²) < 4.78 is 6.76. The molecule has 1 N–H and O–H groups in total. The molecule has 0 spiro atoms. The first kappa shape index (κ1) is 15.5. The molecule has 1 aliphatic heterocycles. The van der Waals surface area contributed by atoms with Crippen molar-refractivity contribution in [2.45, 2.75) is 31.7 Å². The van der Waals surface area contributed by atoms with Crippen LogP contribution >= 0.6 is 11.3 Å². The molecule has 25 heavy (non-hydrogen) atoms. The Hall–Kier alpha value is -1.76. The molecule has 0 amide bonds. The predicted octanol–water partition coefficient (Wildman–Crippen LogP) is 3.79. The summed E-state index contributed by atoms with van der Waals surface area (Å²) in [5.74, 6) is 1.69. The van der Waals surface area contributed by atoms with Crippen LogP contribution in [0.25, 0.3) is 20.9 Å². The zero-order valence-electron chi connectivity index (χ0n) is 14.2. The highest BCUT2D eigenvalue weighted by Crippen LogP contribution is 2.42. The molecule has 1 aliphatic carbocycles. The Kier molecular flexibility index (Phi) is 4.04. The van der Waals surface area contributed by atoms with Crippen LogP contribution in [0.3, 0.4) is 0 Å². The Morgan fingerprint density at radius 1 is 1.24 bits per heavy atom. The van der Waals surface area contributed by atoms with Gasteiger partial charge >= 0.3 is 0 Å². The number of aromatic nitrogens is 3. The van der Waals surface area contributed by atoms with E-state index in [1.165, 1.54) is 40.1 Å². The summed E-state index contributed by atoms with van der Waals surface area (Å²) in [6.45, 7) is 4.55. The van der Waals surface area contributed by atoms with Crippen LogP contribution in [0.4, 0.5) is 0 Å². The summed E-state index contributed by atoms with van der Waals surface area (Å²) in [4.78, 5) is 16.3. The topological polar surface area (TPSA) is 54.0 Å². The molecule has 2 aliphatic rings. The van der Waals surface area contributed by atoms with Crippen LogP contribution in [0.2, 0.25) is 0 Å². The van der Waals surface area contributed by atoms with Crippen LogP contribution in [0.15, 0.2) is 24.5 Å². The zero-order chi connectivity index (χ0) is 16.6. The molecule has 0 aromatic carbocycles. The fourth-order valence-corrected chi connectivity index (χ4v) is 4.84. The molecule has 2 fully saturated rings. The highest BCUT2D eigenvalue weighted by molar-refractivity contribution is 7.22. The van der Waals surface area contributed by atoms with E-state index in [9.17, 15) is 0 Å². The van der Waals surface area contributed by atoms with E-state index in [4.69, 9.17) is 4.74 Å². The molecule has 1 saturated heterocycles. The Labute approximate surface area is 151 Å². The third kappa shape index (κ3) is 2.99. The monoisotopic (exact) mass is 354 g/mol. The molecule has 3 aromatic heterocycles. The van der Waals surface area contributed by atoms with Gasteiger partial charge in [-0.25, -0.2) is 4.98 Å². The van der Waals surface area contributed by atoms with Gasteiger partial charge in [-0.3, -0.25) is 9.88 Å². The van der Waals surface area contributed by atoms with Crippen LogP contribution in [0, 0.1) is 0 Å². The van der Waals surface area contributed by atoms with E-state index < -0.39 is 0 Å². The number of ether oxygens (including phenoxy) is 1. The second-order valence-electron chi connectivity index (χ2n) is 7.00. The molecule has 1 saturated carbocycles. The van der Waals surface area contributed by atoms with Crippen molar-refractivity contribution in [3.8, 4) is 10.7 Å². The normalized spacial score (nSPS) is 19.4. The third-order valence-corrected chi connectivity index (χ3v) is 6.53. The molecule has 0 bridgehead atoms. The number of nitrogens with one attached hydrogen (secondary N) is 1. The predicted molar refractivity (Wildman–Crippen MR) is 99.9 cm³/mol. The number of H-pyrrole nitrogens is 1. The lowest BCUT2D eigenvalue weighted by molar-refractivity contribution is 0.0337. The molecular formula is C19H22N4OS. The smallest absolute Gasteiger partial charge is 0.147 e. The van der Waals surface area contributed by atoms with E-state index in [-0.39, 0.29) is 0 Å². The minimum Gasteiger partial charge on any atom is -0.379 e. The standard InChI is InChI=1S/C19H22N4OS/c1-2-13(3-1)15-4-5-20-16-10-17(25-18(15)16)19-21-11-14(22-19)12-23-6-8-24-9-7-23/h4-5,10-11,13H,1-3,6-9,12H2,(H,21,22). The fraction of sp³-hybridized carbons (Fsp3) is 0.474. The van der Waals surface area contributed by atoms with Crippen molar-refractivity contribution in [1.82, 2.24) is 19.9 Å². The highest BCUT2D eigenvalue weighted by Gasteiger charge is 2.23. The quantitative estimate of drug-likeness (QED) is 0.774. The Balaban J connectivity index is 1.41. The van der Waals surface area contributed by atoms with Crippen LogP contribution in [-0.4, -0.2) is 46.2 Å². The molecule has 0 unspecified atom stereocenters. The second kappa shape index (κ2) is 6.52. The van der Waals surface area contributed by atoms with Gasteiger partial charge in [0.1, 0.15) is 5.82 Å². The molecule has 0 atom stereocenters. The minimum absolute atomic E-state index is 0.727. The number of imidazole rings is 1. The van der Waals surface area contributed by atoms with Crippen LogP contribution in [0.5, 0.6) is 0 Å². The van der Waals surface area contributed by atoms with E-state index in [1.807, 2.05) is 23.7 Å². The molecule has 5 nitrogen and oxygen atoms in total. The average molecular weight is 354 g/mol. The number of thiophene rings is 1. The SMILES string of the molecule is c1cc(C2CCC2)c2sc(-c3ncc(CN4CCOCC4)[nH]3)cc2n1. The number of hydrogen-bond acceptors (Lipinski definition) is 5. The van der Waals surface area contributed by atoms with Gasteiger partial charge in [-0.15, -0.1) is 11.3 Å². The second-order valence-corrected chi connectivity index (χ2v) is 8.05. The van der Waals surface area contributed by atoms with Crippen molar-refractivity contribution in [3.63, 3.8) is 0 Å². The lowest BCUT2D eigenvalue weighted by Gasteiger charge is -2.25. The summed E-state index contributed by atoms with van der Waals surface area (Å²) in [5.41, 5.74) is 3.75. The van der Waals surface area contributed by atoms with Gasteiger partial charge in [0.15, 0.2) is 0 Å². The number of aromatic amines is 1. The Morgan fingerprint density at radius 3 is 2.92 bits per heavy atom. The zero-order valence-corrected chi connectivity index (χ0v) is 15.0. The first-order valence-electron chi connectivity index (χ1n) is 9.09. The minimum atomic E-state index is 0.727. The number of nitrogens with zero attached hydrogens (tertiary/aromatic N) is 3. The average Bonchev–Trinajstić information content (AvgIpc) is 3.21. The van der Waals surface area contributed by atoms with E-state index in [0.717, 1.165) is 50.1 Å². The maximum absolute atomic E-state index is 5.42. The number of morpholine rings is 1.